The standard InChI is InChI=1S/C20H18N2O3/c1-12(23)22-17(20(24)25)11-15-14-9-5-6-10-16(14)21-18(15)19(22)13-7-3-2-4-8-13/h2-10,17,19,21H,11H2,1H3,(H,24,25)/t17-,19+/m0/s1. The molecule has 0 saturated heterocycles. The molecule has 0 saturated carbocycles. The molecule has 5 nitrogen and oxygen atoms in total. The third-order valence-electron chi connectivity index (χ3n) is 4.90. The molecule has 0 fully saturated rings. The molecule has 4 rings (SSSR count). The highest BCUT2D eigenvalue weighted by Gasteiger charge is 2.42. The molecular formula is C20H18N2O3. The van der Waals surface area contributed by atoms with Gasteiger partial charge in [0.15, 0.2) is 0 Å². The molecule has 2 atom stereocenters. The SMILES string of the molecule is CC(=O)N1[C@H](c2ccccc2)c2[nH]c3ccccc3c2C[C@H]1C(=O)O. The van der Waals surface area contributed by atoms with E-state index in [1.165, 1.54) is 11.8 Å². The summed E-state index contributed by atoms with van der Waals surface area (Å²) in [5.74, 6) is -1.22. The van der Waals surface area contributed by atoms with Crippen LogP contribution in [0.2, 0.25) is 0 Å². The second-order valence-corrected chi connectivity index (χ2v) is 6.36. The van der Waals surface area contributed by atoms with Gasteiger partial charge in [-0.2, -0.15) is 0 Å². The number of rotatable bonds is 2. The Bertz CT molecular complexity index is 961. The molecule has 126 valence electrons. The minimum Gasteiger partial charge on any atom is -0.480 e. The van der Waals surface area contributed by atoms with Crippen molar-refractivity contribution in [1.82, 2.24) is 9.88 Å². The highest BCUT2D eigenvalue weighted by molar-refractivity contribution is 5.89. The number of hydrogen-bond acceptors (Lipinski definition) is 2. The number of benzene rings is 2. The molecule has 2 N–H and O–H groups in total. The predicted octanol–water partition coefficient (Wildman–Crippen LogP) is 3.12. The molecule has 3 aromatic rings. The zero-order valence-electron chi connectivity index (χ0n) is 13.8. The third-order valence-corrected chi connectivity index (χ3v) is 4.90. The fourth-order valence-electron chi connectivity index (χ4n) is 3.86. The predicted molar refractivity (Wildman–Crippen MR) is 94.2 cm³/mol. The van der Waals surface area contributed by atoms with Crippen molar-refractivity contribution in [1.29, 1.82) is 0 Å². The van der Waals surface area contributed by atoms with Crippen molar-refractivity contribution in [3.05, 3.63) is 71.4 Å². The van der Waals surface area contributed by atoms with Crippen LogP contribution in [0.1, 0.15) is 29.8 Å². The number of nitrogens with zero attached hydrogens (tertiary/aromatic N) is 1. The lowest BCUT2D eigenvalue weighted by atomic mass is 9.88. The number of aromatic nitrogens is 1. The van der Waals surface area contributed by atoms with Gasteiger partial charge in [-0.3, -0.25) is 4.79 Å². The zero-order chi connectivity index (χ0) is 17.6. The maximum Gasteiger partial charge on any atom is 0.326 e. The van der Waals surface area contributed by atoms with Crippen LogP contribution in [0, 0.1) is 0 Å². The lowest BCUT2D eigenvalue weighted by Crippen LogP contribution is -2.50. The van der Waals surface area contributed by atoms with E-state index in [9.17, 15) is 14.7 Å². The van der Waals surface area contributed by atoms with Crippen LogP contribution in [0.25, 0.3) is 10.9 Å². The Morgan fingerprint density at radius 1 is 1.08 bits per heavy atom. The average Bonchev–Trinajstić information content (AvgIpc) is 2.99. The van der Waals surface area contributed by atoms with E-state index in [1.54, 1.807) is 0 Å². The largest absolute Gasteiger partial charge is 0.480 e. The number of carboxylic acid groups (broad SMARTS) is 1. The minimum atomic E-state index is -0.980. The molecule has 2 heterocycles. The smallest absolute Gasteiger partial charge is 0.326 e. The van der Waals surface area contributed by atoms with Crippen LogP contribution >= 0.6 is 0 Å². The van der Waals surface area contributed by atoms with Gasteiger partial charge in [-0.15, -0.1) is 0 Å². The van der Waals surface area contributed by atoms with Crippen LogP contribution in [0.15, 0.2) is 54.6 Å². The molecule has 0 bridgehead atoms. The van der Waals surface area contributed by atoms with Crippen molar-refractivity contribution in [2.75, 3.05) is 0 Å². The van der Waals surface area contributed by atoms with Crippen molar-refractivity contribution in [2.45, 2.75) is 25.4 Å². The lowest BCUT2D eigenvalue weighted by Gasteiger charge is -2.39. The molecule has 0 spiro atoms. The van der Waals surface area contributed by atoms with E-state index in [1.807, 2.05) is 54.6 Å². The first-order chi connectivity index (χ1) is 12.1. The number of hydrogen-bond donors (Lipinski definition) is 2. The number of carbonyl (C=O) groups excluding carboxylic acids is 1. The number of aliphatic carboxylic acids is 1. The van der Waals surface area contributed by atoms with Crippen LogP contribution in [0.3, 0.4) is 0 Å². The molecule has 0 aliphatic carbocycles. The number of carbonyl (C=O) groups is 2. The molecule has 0 radical (unpaired) electrons. The number of aromatic amines is 1. The summed E-state index contributed by atoms with van der Waals surface area (Å²) in [5.41, 5.74) is 3.74. The van der Waals surface area contributed by atoms with E-state index in [2.05, 4.69) is 4.98 Å². The summed E-state index contributed by atoms with van der Waals surface area (Å²) in [5, 5.41) is 10.8. The highest BCUT2D eigenvalue weighted by Crippen LogP contribution is 2.40. The normalized spacial score (nSPS) is 19.6. The molecule has 1 aromatic heterocycles. The van der Waals surface area contributed by atoms with Gasteiger partial charge in [0, 0.05) is 29.9 Å². The fourth-order valence-corrected chi connectivity index (χ4v) is 3.86. The summed E-state index contributed by atoms with van der Waals surface area (Å²) in [6.45, 7) is 1.43. The van der Waals surface area contributed by atoms with Crippen molar-refractivity contribution in [2.24, 2.45) is 0 Å². The van der Waals surface area contributed by atoms with E-state index in [0.29, 0.717) is 6.42 Å². The average molecular weight is 334 g/mol. The molecule has 1 aliphatic heterocycles. The lowest BCUT2D eigenvalue weighted by molar-refractivity contribution is -0.151. The quantitative estimate of drug-likeness (QED) is 0.756. The Morgan fingerprint density at radius 3 is 2.44 bits per heavy atom. The van der Waals surface area contributed by atoms with Gasteiger partial charge in [0.25, 0.3) is 0 Å². The van der Waals surface area contributed by atoms with Crippen molar-refractivity contribution >= 4 is 22.8 Å². The Kier molecular flexibility index (Phi) is 3.57. The minimum absolute atomic E-state index is 0.245. The molecule has 2 aromatic carbocycles. The summed E-state index contributed by atoms with van der Waals surface area (Å²) in [6, 6.07) is 16.1. The van der Waals surface area contributed by atoms with E-state index >= 15 is 0 Å². The second-order valence-electron chi connectivity index (χ2n) is 6.36. The van der Waals surface area contributed by atoms with E-state index in [0.717, 1.165) is 27.7 Å². The number of para-hydroxylation sites is 1. The fraction of sp³-hybridized carbons (Fsp3) is 0.200. The van der Waals surface area contributed by atoms with Gasteiger partial charge in [-0.05, 0) is 17.2 Å². The second kappa shape index (κ2) is 5.77. The van der Waals surface area contributed by atoms with Gasteiger partial charge >= 0.3 is 5.97 Å². The number of fused-ring (bicyclic) bond motifs is 3. The van der Waals surface area contributed by atoms with E-state index in [4.69, 9.17) is 0 Å². The Balaban J connectivity index is 2.00. The van der Waals surface area contributed by atoms with Gasteiger partial charge in [-0.25, -0.2) is 4.79 Å². The van der Waals surface area contributed by atoms with Gasteiger partial charge in [-0.1, -0.05) is 48.5 Å². The summed E-state index contributed by atoms with van der Waals surface area (Å²) in [6.07, 6.45) is 0.303. The van der Waals surface area contributed by atoms with Crippen LogP contribution in [-0.2, 0) is 16.0 Å². The van der Waals surface area contributed by atoms with Crippen molar-refractivity contribution in [3.63, 3.8) is 0 Å². The highest BCUT2D eigenvalue weighted by atomic mass is 16.4. The van der Waals surface area contributed by atoms with Crippen LogP contribution in [0.5, 0.6) is 0 Å². The first-order valence-electron chi connectivity index (χ1n) is 8.24. The summed E-state index contributed by atoms with van der Waals surface area (Å²) >= 11 is 0. The Labute approximate surface area is 144 Å². The topological polar surface area (TPSA) is 73.4 Å². The molecule has 25 heavy (non-hydrogen) atoms. The van der Waals surface area contributed by atoms with Crippen LogP contribution < -0.4 is 0 Å². The Morgan fingerprint density at radius 2 is 1.76 bits per heavy atom. The number of carboxylic acids is 1. The van der Waals surface area contributed by atoms with Crippen molar-refractivity contribution in [3.8, 4) is 0 Å². The summed E-state index contributed by atoms with van der Waals surface area (Å²) in [7, 11) is 0. The number of nitrogens with one attached hydrogen (secondary N) is 1. The van der Waals surface area contributed by atoms with Crippen LogP contribution in [-0.4, -0.2) is 32.9 Å². The third kappa shape index (κ3) is 2.39. The number of H-pyrrole nitrogens is 1. The molecule has 1 amide bonds. The molecule has 5 heteroatoms. The first-order valence-corrected chi connectivity index (χ1v) is 8.24. The van der Waals surface area contributed by atoms with E-state index < -0.39 is 18.1 Å². The number of amides is 1. The van der Waals surface area contributed by atoms with Crippen LogP contribution in [0.4, 0.5) is 0 Å². The van der Waals surface area contributed by atoms with Gasteiger partial charge in [0.2, 0.25) is 5.91 Å². The summed E-state index contributed by atoms with van der Waals surface area (Å²) in [4.78, 5) is 29.2. The van der Waals surface area contributed by atoms with Gasteiger partial charge in [0.1, 0.15) is 6.04 Å². The zero-order valence-corrected chi connectivity index (χ0v) is 13.8. The Hall–Kier alpha value is -3.08. The monoisotopic (exact) mass is 334 g/mol. The first kappa shape index (κ1) is 15.4. The van der Waals surface area contributed by atoms with E-state index in [-0.39, 0.29) is 5.91 Å². The van der Waals surface area contributed by atoms with Gasteiger partial charge < -0.3 is 15.0 Å². The molecular weight excluding hydrogens is 316 g/mol. The maximum absolute atomic E-state index is 12.4. The maximum atomic E-state index is 12.4. The molecule has 1 aliphatic rings. The summed E-state index contributed by atoms with van der Waals surface area (Å²) < 4.78 is 0. The van der Waals surface area contributed by atoms with Crippen molar-refractivity contribution < 1.29 is 14.7 Å². The molecule has 0 unspecified atom stereocenters. The van der Waals surface area contributed by atoms with Gasteiger partial charge in [0.05, 0.1) is 6.04 Å².